The molecule has 9 nitrogen and oxygen atoms in total. The van der Waals surface area contributed by atoms with Crippen LogP contribution in [0.4, 0.5) is 9.59 Å². The van der Waals surface area contributed by atoms with Crippen LogP contribution < -0.4 is 9.44 Å². The predicted molar refractivity (Wildman–Crippen MR) is 101 cm³/mol. The van der Waals surface area contributed by atoms with Crippen LogP contribution in [0.3, 0.4) is 0 Å². The van der Waals surface area contributed by atoms with Gasteiger partial charge in [-0.3, -0.25) is 0 Å². The number of carbonyl (C=O) groups excluding carboxylic acids is 2. The van der Waals surface area contributed by atoms with Crippen molar-refractivity contribution in [2.45, 2.75) is 72.0 Å². The lowest BCUT2D eigenvalue weighted by atomic mass is 10.0. The predicted octanol–water partition coefficient (Wildman–Crippen LogP) is 2.38. The lowest BCUT2D eigenvalue weighted by Gasteiger charge is -2.26. The van der Waals surface area contributed by atoms with Gasteiger partial charge in [0, 0.05) is 19.6 Å². The van der Waals surface area contributed by atoms with Crippen LogP contribution in [-0.4, -0.2) is 56.3 Å². The van der Waals surface area contributed by atoms with Gasteiger partial charge >= 0.3 is 22.4 Å². The van der Waals surface area contributed by atoms with Crippen LogP contribution in [0.15, 0.2) is 0 Å². The highest BCUT2D eigenvalue weighted by atomic mass is 32.2. The van der Waals surface area contributed by atoms with E-state index < -0.39 is 27.5 Å². The molecular formula is C17H33N3O6S. The summed E-state index contributed by atoms with van der Waals surface area (Å²) in [6, 6.07) is 0. The minimum absolute atomic E-state index is 0.0626. The molecule has 10 heteroatoms. The van der Waals surface area contributed by atoms with E-state index in [1.165, 1.54) is 0 Å². The van der Waals surface area contributed by atoms with Crippen molar-refractivity contribution in [1.82, 2.24) is 14.3 Å². The maximum atomic E-state index is 12.2. The van der Waals surface area contributed by atoms with Crippen LogP contribution in [0.25, 0.3) is 0 Å². The second kappa shape index (κ2) is 9.09. The quantitative estimate of drug-likeness (QED) is 0.739. The van der Waals surface area contributed by atoms with Gasteiger partial charge in [0.2, 0.25) is 0 Å². The van der Waals surface area contributed by atoms with E-state index >= 15 is 0 Å². The number of amides is 2. The van der Waals surface area contributed by atoms with Gasteiger partial charge in [-0.25, -0.2) is 14.3 Å². The molecule has 0 bridgehead atoms. The van der Waals surface area contributed by atoms with Crippen molar-refractivity contribution in [3.05, 3.63) is 0 Å². The van der Waals surface area contributed by atoms with E-state index in [2.05, 4.69) is 4.72 Å². The van der Waals surface area contributed by atoms with Crippen LogP contribution in [0, 0.1) is 5.92 Å². The maximum Gasteiger partial charge on any atom is 0.422 e. The summed E-state index contributed by atoms with van der Waals surface area (Å²) in [6.45, 7) is 11.7. The molecule has 1 heterocycles. The van der Waals surface area contributed by atoms with E-state index in [0.717, 1.165) is 12.8 Å². The fraction of sp³-hybridized carbons (Fsp3) is 0.882. The van der Waals surface area contributed by atoms with Gasteiger partial charge in [-0.1, -0.05) is 0 Å². The standard InChI is InChI=1S/C17H33N3O6S/c1-16(2,3)25-14(21)19-27(23,24)18-12-13-8-7-10-20(11-9-13)15(22)26-17(4,5)6/h13,18H,7-12H2,1-6H3,(H,19,21). The number of carbonyl (C=O) groups is 2. The average Bonchev–Trinajstić information content (AvgIpc) is 2.66. The number of nitrogens with zero attached hydrogens (tertiary/aromatic N) is 1. The summed E-state index contributed by atoms with van der Waals surface area (Å²) in [5.41, 5.74) is -1.34. The Hall–Kier alpha value is -1.55. The molecule has 2 amide bonds. The fourth-order valence-corrected chi connectivity index (χ4v) is 3.34. The van der Waals surface area contributed by atoms with Crippen molar-refractivity contribution in [2.24, 2.45) is 5.92 Å². The molecule has 158 valence electrons. The first-order valence-corrected chi connectivity index (χ1v) is 10.6. The number of hydrogen-bond donors (Lipinski definition) is 2. The maximum absolute atomic E-state index is 12.2. The molecule has 1 unspecified atom stereocenters. The Morgan fingerprint density at radius 2 is 1.59 bits per heavy atom. The first kappa shape index (κ1) is 23.5. The molecule has 0 spiro atoms. The largest absolute Gasteiger partial charge is 0.444 e. The van der Waals surface area contributed by atoms with Gasteiger partial charge in [0.15, 0.2) is 0 Å². The molecule has 0 radical (unpaired) electrons. The van der Waals surface area contributed by atoms with Crippen molar-refractivity contribution in [3.8, 4) is 0 Å². The smallest absolute Gasteiger partial charge is 0.422 e. The lowest BCUT2D eigenvalue weighted by molar-refractivity contribution is 0.0254. The zero-order valence-electron chi connectivity index (χ0n) is 17.1. The Balaban J connectivity index is 2.47. The van der Waals surface area contributed by atoms with Crippen molar-refractivity contribution in [1.29, 1.82) is 0 Å². The molecular weight excluding hydrogens is 374 g/mol. The van der Waals surface area contributed by atoms with E-state index in [1.54, 1.807) is 25.7 Å². The highest BCUT2D eigenvalue weighted by molar-refractivity contribution is 7.88. The van der Waals surface area contributed by atoms with Gasteiger partial charge in [0.1, 0.15) is 11.2 Å². The molecule has 1 atom stereocenters. The van der Waals surface area contributed by atoms with Gasteiger partial charge < -0.3 is 14.4 Å². The highest BCUT2D eigenvalue weighted by Crippen LogP contribution is 2.19. The first-order valence-electron chi connectivity index (χ1n) is 9.15. The Labute approximate surface area is 162 Å². The summed E-state index contributed by atoms with van der Waals surface area (Å²) in [4.78, 5) is 25.4. The van der Waals surface area contributed by atoms with E-state index in [9.17, 15) is 18.0 Å². The molecule has 0 aromatic rings. The molecule has 1 aliphatic heterocycles. The second-order valence-corrected chi connectivity index (χ2v) is 10.2. The topological polar surface area (TPSA) is 114 Å². The van der Waals surface area contributed by atoms with Gasteiger partial charge in [-0.05, 0) is 66.7 Å². The van der Waals surface area contributed by atoms with Gasteiger partial charge in [-0.15, -0.1) is 0 Å². The molecule has 1 aliphatic rings. The third kappa shape index (κ3) is 10.4. The third-order valence-corrected chi connectivity index (χ3v) is 4.66. The van der Waals surface area contributed by atoms with E-state index in [1.807, 2.05) is 25.5 Å². The molecule has 1 rings (SSSR count). The summed E-state index contributed by atoms with van der Waals surface area (Å²) >= 11 is 0. The fourth-order valence-electron chi connectivity index (χ4n) is 2.55. The number of rotatable bonds is 4. The minimum Gasteiger partial charge on any atom is -0.444 e. The molecule has 0 aromatic carbocycles. The monoisotopic (exact) mass is 407 g/mol. The van der Waals surface area contributed by atoms with Crippen LogP contribution in [0.5, 0.6) is 0 Å². The van der Waals surface area contributed by atoms with Gasteiger partial charge in [0.25, 0.3) is 0 Å². The zero-order chi connectivity index (χ0) is 20.9. The number of ether oxygens (including phenoxy) is 2. The zero-order valence-corrected chi connectivity index (χ0v) is 17.9. The normalized spacial score (nSPS) is 19.2. The molecule has 2 N–H and O–H groups in total. The highest BCUT2D eigenvalue weighted by Gasteiger charge is 2.26. The Bertz CT molecular complexity index is 622. The number of hydrogen-bond acceptors (Lipinski definition) is 6. The van der Waals surface area contributed by atoms with Gasteiger partial charge in [-0.2, -0.15) is 13.1 Å². The summed E-state index contributed by atoms with van der Waals surface area (Å²) in [5.74, 6) is 0.0626. The summed E-state index contributed by atoms with van der Waals surface area (Å²) in [6.07, 6.45) is 0.801. The Kier molecular flexibility index (Phi) is 7.91. The van der Waals surface area contributed by atoms with Crippen molar-refractivity contribution in [3.63, 3.8) is 0 Å². The van der Waals surface area contributed by atoms with Crippen LogP contribution in [0.1, 0.15) is 60.8 Å². The van der Waals surface area contributed by atoms with E-state index in [0.29, 0.717) is 19.5 Å². The summed E-state index contributed by atoms with van der Waals surface area (Å²) < 4.78 is 38.5. The third-order valence-electron chi connectivity index (χ3n) is 3.68. The second-order valence-electron chi connectivity index (χ2n) is 8.72. The lowest BCUT2D eigenvalue weighted by Crippen LogP contribution is -2.44. The van der Waals surface area contributed by atoms with Crippen LogP contribution in [0.2, 0.25) is 0 Å². The number of nitrogens with one attached hydrogen (secondary N) is 2. The SMILES string of the molecule is CC(C)(C)OC(=O)NS(=O)(=O)NCC1CCCN(C(=O)OC(C)(C)C)CC1. The molecule has 0 saturated carbocycles. The summed E-state index contributed by atoms with van der Waals surface area (Å²) in [5, 5.41) is 0. The molecule has 0 aromatic heterocycles. The summed E-state index contributed by atoms with van der Waals surface area (Å²) in [7, 11) is -4.00. The molecule has 27 heavy (non-hydrogen) atoms. The van der Waals surface area contributed by atoms with E-state index in [-0.39, 0.29) is 18.6 Å². The Morgan fingerprint density at radius 1 is 1.00 bits per heavy atom. The Morgan fingerprint density at radius 3 is 2.15 bits per heavy atom. The average molecular weight is 408 g/mol. The number of likely N-dealkylation sites (tertiary alicyclic amines) is 1. The van der Waals surface area contributed by atoms with Crippen LogP contribution in [-0.2, 0) is 19.7 Å². The first-order chi connectivity index (χ1) is 12.2. The molecule has 0 aliphatic carbocycles. The molecule has 1 saturated heterocycles. The molecule has 1 fully saturated rings. The van der Waals surface area contributed by atoms with Crippen molar-refractivity contribution >= 4 is 22.4 Å². The van der Waals surface area contributed by atoms with Crippen LogP contribution >= 0.6 is 0 Å². The van der Waals surface area contributed by atoms with Gasteiger partial charge in [0.05, 0.1) is 0 Å². The van der Waals surface area contributed by atoms with E-state index in [4.69, 9.17) is 9.47 Å². The van der Waals surface area contributed by atoms with Crippen molar-refractivity contribution in [2.75, 3.05) is 19.6 Å². The van der Waals surface area contributed by atoms with Crippen molar-refractivity contribution < 1.29 is 27.5 Å². The minimum atomic E-state index is -4.00.